The first-order chi connectivity index (χ1) is 16.5. The summed E-state index contributed by atoms with van der Waals surface area (Å²) in [5, 5.41) is 12.1. The number of amides is 2. The molecule has 0 bridgehead atoms. The average Bonchev–Trinajstić information content (AvgIpc) is 3.62. The summed E-state index contributed by atoms with van der Waals surface area (Å²) in [5.41, 5.74) is 3.03. The number of hydrogen-bond acceptors (Lipinski definition) is 5. The Morgan fingerprint density at radius 3 is 2.53 bits per heavy atom. The summed E-state index contributed by atoms with van der Waals surface area (Å²) < 4.78 is 2.13. The zero-order valence-electron chi connectivity index (χ0n) is 19.9. The first-order valence-electron chi connectivity index (χ1n) is 11.7. The van der Waals surface area contributed by atoms with Crippen LogP contribution in [0.15, 0.2) is 59.8 Å². The van der Waals surface area contributed by atoms with Gasteiger partial charge in [-0.25, -0.2) is 0 Å². The fraction of sp³-hybridized carbons (Fsp3) is 0.385. The van der Waals surface area contributed by atoms with Gasteiger partial charge in [0, 0.05) is 18.7 Å². The third kappa shape index (κ3) is 5.86. The number of aryl methyl sites for hydroxylation is 1. The van der Waals surface area contributed by atoms with Crippen LogP contribution in [0.25, 0.3) is 0 Å². The number of carbonyl (C=O) groups excluding carboxylic acids is 2. The topological polar surface area (TPSA) is 80.1 Å². The smallest absolute Gasteiger partial charge is 0.243 e. The lowest BCUT2D eigenvalue weighted by atomic mass is 10.1. The number of nitrogens with one attached hydrogen (secondary N) is 1. The second-order valence-electron chi connectivity index (χ2n) is 8.70. The minimum absolute atomic E-state index is 0.00812. The minimum Gasteiger partial charge on any atom is -0.335 e. The monoisotopic (exact) mass is 477 g/mol. The molecule has 1 fully saturated rings. The Kier molecular flexibility index (Phi) is 7.67. The summed E-state index contributed by atoms with van der Waals surface area (Å²) in [6, 6.07) is 17.9. The van der Waals surface area contributed by atoms with E-state index in [0.717, 1.165) is 41.5 Å². The predicted octanol–water partition coefficient (Wildman–Crippen LogP) is 4.34. The number of benzene rings is 2. The SMILES string of the molecule is CCc1ccccc1NC(=O)CN(C)C(=O)C(C)Sc1nnc(C2CC2)n1Cc1ccccc1. The molecule has 1 saturated carbocycles. The molecule has 0 spiro atoms. The van der Waals surface area contributed by atoms with E-state index in [-0.39, 0.29) is 18.4 Å². The van der Waals surface area contributed by atoms with E-state index in [1.165, 1.54) is 22.2 Å². The standard InChI is InChI=1S/C26H31N5O2S/c1-4-20-12-8-9-13-22(20)27-23(32)17-30(3)25(33)18(2)34-26-29-28-24(21-14-15-21)31(26)16-19-10-6-5-7-11-19/h5-13,18,21H,4,14-17H2,1-3H3,(H,27,32). The van der Waals surface area contributed by atoms with Gasteiger partial charge in [-0.2, -0.15) is 0 Å². The van der Waals surface area contributed by atoms with Gasteiger partial charge in [-0.15, -0.1) is 10.2 Å². The van der Waals surface area contributed by atoms with E-state index < -0.39 is 5.25 Å². The lowest BCUT2D eigenvalue weighted by Crippen LogP contribution is -2.39. The first-order valence-corrected chi connectivity index (χ1v) is 12.6. The number of para-hydroxylation sites is 1. The van der Waals surface area contributed by atoms with Gasteiger partial charge < -0.3 is 14.8 Å². The van der Waals surface area contributed by atoms with E-state index in [1.54, 1.807) is 7.05 Å². The van der Waals surface area contributed by atoms with E-state index in [9.17, 15) is 9.59 Å². The molecule has 34 heavy (non-hydrogen) atoms. The van der Waals surface area contributed by atoms with E-state index in [4.69, 9.17) is 0 Å². The van der Waals surface area contributed by atoms with Crippen molar-refractivity contribution in [3.05, 3.63) is 71.5 Å². The molecular formula is C26H31N5O2S. The summed E-state index contributed by atoms with van der Waals surface area (Å²) in [7, 11) is 1.66. The van der Waals surface area contributed by atoms with Gasteiger partial charge in [0.05, 0.1) is 18.3 Å². The van der Waals surface area contributed by atoms with Gasteiger partial charge in [0.1, 0.15) is 5.82 Å². The Labute approximate surface area is 205 Å². The molecule has 1 atom stereocenters. The van der Waals surface area contributed by atoms with Gasteiger partial charge in [-0.05, 0) is 43.4 Å². The van der Waals surface area contributed by atoms with Crippen molar-refractivity contribution in [1.29, 1.82) is 0 Å². The Morgan fingerprint density at radius 2 is 1.82 bits per heavy atom. The molecule has 178 valence electrons. The van der Waals surface area contributed by atoms with Gasteiger partial charge in [0.2, 0.25) is 11.8 Å². The van der Waals surface area contributed by atoms with Crippen molar-refractivity contribution < 1.29 is 9.59 Å². The van der Waals surface area contributed by atoms with Crippen LogP contribution in [0, 0.1) is 0 Å². The summed E-state index contributed by atoms with van der Waals surface area (Å²) in [6.07, 6.45) is 3.08. The maximum absolute atomic E-state index is 13.0. The van der Waals surface area contributed by atoms with Crippen LogP contribution in [-0.4, -0.2) is 50.3 Å². The second-order valence-corrected chi connectivity index (χ2v) is 10.0. The van der Waals surface area contributed by atoms with Crippen molar-refractivity contribution in [3.8, 4) is 0 Å². The van der Waals surface area contributed by atoms with Gasteiger partial charge in [-0.3, -0.25) is 9.59 Å². The highest BCUT2D eigenvalue weighted by molar-refractivity contribution is 8.00. The summed E-state index contributed by atoms with van der Waals surface area (Å²) in [5.74, 6) is 1.12. The fourth-order valence-electron chi connectivity index (χ4n) is 3.90. The van der Waals surface area contributed by atoms with Gasteiger partial charge in [0.25, 0.3) is 0 Å². The molecule has 0 radical (unpaired) electrons. The summed E-state index contributed by atoms with van der Waals surface area (Å²) >= 11 is 1.40. The van der Waals surface area contributed by atoms with Crippen molar-refractivity contribution >= 4 is 29.3 Å². The second kappa shape index (κ2) is 10.9. The van der Waals surface area contributed by atoms with Crippen LogP contribution in [0.5, 0.6) is 0 Å². The molecule has 2 amide bonds. The van der Waals surface area contributed by atoms with Crippen LogP contribution >= 0.6 is 11.8 Å². The van der Waals surface area contributed by atoms with Crippen molar-refractivity contribution in [2.45, 2.75) is 56.0 Å². The first kappa shape index (κ1) is 24.0. The number of nitrogens with zero attached hydrogens (tertiary/aromatic N) is 4. The molecule has 4 rings (SSSR count). The molecule has 1 aliphatic carbocycles. The molecule has 1 heterocycles. The number of hydrogen-bond donors (Lipinski definition) is 1. The number of thioether (sulfide) groups is 1. The van der Waals surface area contributed by atoms with Crippen LogP contribution in [0.1, 0.15) is 49.6 Å². The van der Waals surface area contributed by atoms with Crippen LogP contribution in [0.3, 0.4) is 0 Å². The maximum atomic E-state index is 13.0. The number of likely N-dealkylation sites (N-methyl/N-ethyl adjacent to an activating group) is 1. The van der Waals surface area contributed by atoms with Gasteiger partial charge in [-0.1, -0.05) is 67.2 Å². The molecule has 2 aromatic carbocycles. The van der Waals surface area contributed by atoms with Crippen molar-refractivity contribution in [3.63, 3.8) is 0 Å². The molecule has 0 aliphatic heterocycles. The molecule has 1 N–H and O–H groups in total. The fourth-order valence-corrected chi connectivity index (χ4v) is 4.87. The highest BCUT2D eigenvalue weighted by Crippen LogP contribution is 2.40. The molecule has 7 nitrogen and oxygen atoms in total. The van der Waals surface area contributed by atoms with Crippen LogP contribution in [0.2, 0.25) is 0 Å². The molecule has 1 unspecified atom stereocenters. The molecule has 1 aliphatic rings. The average molecular weight is 478 g/mol. The normalized spacial score (nSPS) is 14.0. The van der Waals surface area contributed by atoms with E-state index in [2.05, 4.69) is 32.2 Å². The summed E-state index contributed by atoms with van der Waals surface area (Å²) in [4.78, 5) is 27.1. The zero-order valence-corrected chi connectivity index (χ0v) is 20.7. The van der Waals surface area contributed by atoms with Crippen molar-refractivity contribution in [1.82, 2.24) is 19.7 Å². The minimum atomic E-state index is -0.397. The van der Waals surface area contributed by atoms with Crippen molar-refractivity contribution in [2.75, 3.05) is 18.9 Å². The zero-order chi connectivity index (χ0) is 24.1. The van der Waals surface area contributed by atoms with Gasteiger partial charge >= 0.3 is 0 Å². The lowest BCUT2D eigenvalue weighted by molar-refractivity contribution is -0.132. The quantitative estimate of drug-likeness (QED) is 0.439. The summed E-state index contributed by atoms with van der Waals surface area (Å²) in [6.45, 7) is 4.57. The molecule has 0 saturated heterocycles. The van der Waals surface area contributed by atoms with Gasteiger partial charge in [0.15, 0.2) is 5.16 Å². The largest absolute Gasteiger partial charge is 0.335 e. The maximum Gasteiger partial charge on any atom is 0.243 e. The highest BCUT2D eigenvalue weighted by Gasteiger charge is 2.31. The third-order valence-electron chi connectivity index (χ3n) is 5.93. The molecule has 1 aromatic heterocycles. The molecule has 3 aromatic rings. The number of aromatic nitrogens is 3. The van der Waals surface area contributed by atoms with Crippen molar-refractivity contribution in [2.24, 2.45) is 0 Å². The Hall–Kier alpha value is -3.13. The Balaban J connectivity index is 1.39. The number of anilines is 1. The Morgan fingerprint density at radius 1 is 1.12 bits per heavy atom. The third-order valence-corrected chi connectivity index (χ3v) is 7.00. The van der Waals surface area contributed by atoms with E-state index in [1.807, 2.05) is 56.3 Å². The number of carbonyl (C=O) groups is 2. The van der Waals surface area contributed by atoms with E-state index >= 15 is 0 Å². The van der Waals surface area contributed by atoms with Crippen LogP contribution < -0.4 is 5.32 Å². The van der Waals surface area contributed by atoms with Crippen LogP contribution in [0.4, 0.5) is 5.69 Å². The molecule has 8 heteroatoms. The predicted molar refractivity (Wildman–Crippen MR) is 135 cm³/mol. The van der Waals surface area contributed by atoms with E-state index in [0.29, 0.717) is 12.5 Å². The van der Waals surface area contributed by atoms with Crippen LogP contribution in [-0.2, 0) is 22.6 Å². The Bertz CT molecular complexity index is 1140. The number of rotatable bonds is 10. The molecular weight excluding hydrogens is 446 g/mol. The lowest BCUT2D eigenvalue weighted by Gasteiger charge is -2.21. The highest BCUT2D eigenvalue weighted by atomic mass is 32.2.